The topological polar surface area (TPSA) is 110 Å². The Morgan fingerprint density at radius 3 is 2.48 bits per heavy atom. The molecule has 4 rings (SSSR count). The van der Waals surface area contributed by atoms with Gasteiger partial charge in [-0.25, -0.2) is 10.8 Å². The fourth-order valence-corrected chi connectivity index (χ4v) is 2.71. The Hall–Kier alpha value is -3.58. The molecule has 0 saturated carbocycles. The molecule has 3 aromatic heterocycles. The van der Waals surface area contributed by atoms with Crippen LogP contribution in [-0.2, 0) is 0 Å². The fourth-order valence-electron chi connectivity index (χ4n) is 2.71. The molecule has 0 aliphatic carbocycles. The van der Waals surface area contributed by atoms with Gasteiger partial charge in [-0.1, -0.05) is 24.3 Å². The predicted molar refractivity (Wildman–Crippen MR) is 94.2 cm³/mol. The van der Waals surface area contributed by atoms with E-state index >= 15 is 0 Å². The molecule has 0 bridgehead atoms. The zero-order chi connectivity index (χ0) is 17.2. The van der Waals surface area contributed by atoms with Crippen molar-refractivity contribution in [1.82, 2.24) is 25.6 Å². The zero-order valence-corrected chi connectivity index (χ0v) is 13.1. The molecule has 0 radical (unpaired) electrons. The molecule has 3 heterocycles. The Morgan fingerprint density at radius 1 is 1.04 bits per heavy atom. The van der Waals surface area contributed by atoms with Crippen LogP contribution in [0.3, 0.4) is 0 Å². The number of H-pyrrole nitrogens is 1. The molecule has 7 heteroatoms. The number of amides is 1. The van der Waals surface area contributed by atoms with Gasteiger partial charge in [-0.3, -0.25) is 20.3 Å². The number of hydrazine groups is 1. The van der Waals surface area contributed by atoms with Gasteiger partial charge < -0.3 is 0 Å². The molecule has 122 valence electrons. The minimum absolute atomic E-state index is 0.380. The first-order valence-electron chi connectivity index (χ1n) is 7.62. The monoisotopic (exact) mass is 330 g/mol. The second-order valence-electron chi connectivity index (χ2n) is 5.46. The number of nitrogens with two attached hydrogens (primary N) is 1. The van der Waals surface area contributed by atoms with E-state index in [1.807, 2.05) is 30.3 Å². The van der Waals surface area contributed by atoms with Crippen molar-refractivity contribution in [3.8, 4) is 22.5 Å². The fraction of sp³-hybridized carbons (Fsp3) is 0. The van der Waals surface area contributed by atoms with Gasteiger partial charge in [0, 0.05) is 35.1 Å². The molecule has 1 amide bonds. The predicted octanol–water partition coefficient (Wildman–Crippen LogP) is 2.29. The minimum Gasteiger partial charge on any atom is -0.290 e. The number of hydrogen-bond donors (Lipinski definition) is 3. The summed E-state index contributed by atoms with van der Waals surface area (Å²) in [5.41, 5.74) is 6.74. The largest absolute Gasteiger partial charge is 0.290 e. The normalized spacial score (nSPS) is 10.8. The molecule has 1 aromatic carbocycles. The summed E-state index contributed by atoms with van der Waals surface area (Å²) in [4.78, 5) is 20.8. The van der Waals surface area contributed by atoms with Crippen molar-refractivity contribution in [3.63, 3.8) is 0 Å². The Morgan fingerprint density at radius 2 is 1.80 bits per heavy atom. The lowest BCUT2D eigenvalue weighted by Crippen LogP contribution is -2.30. The summed E-state index contributed by atoms with van der Waals surface area (Å²) in [6, 6.07) is 13.2. The van der Waals surface area contributed by atoms with Gasteiger partial charge in [0.15, 0.2) is 0 Å². The summed E-state index contributed by atoms with van der Waals surface area (Å²) in [5, 5.41) is 7.62. The van der Waals surface area contributed by atoms with Crippen molar-refractivity contribution in [1.29, 1.82) is 0 Å². The number of hydrogen-bond acceptors (Lipinski definition) is 5. The van der Waals surface area contributed by atoms with Gasteiger partial charge in [0.25, 0.3) is 5.91 Å². The van der Waals surface area contributed by atoms with Gasteiger partial charge in [0.05, 0.1) is 22.5 Å². The van der Waals surface area contributed by atoms with Crippen molar-refractivity contribution < 1.29 is 4.79 Å². The van der Waals surface area contributed by atoms with Crippen LogP contribution in [0.5, 0.6) is 0 Å². The number of nitrogen functional groups attached to an aromatic ring is 1. The zero-order valence-electron chi connectivity index (χ0n) is 13.1. The van der Waals surface area contributed by atoms with Crippen LogP contribution in [-0.4, -0.2) is 26.1 Å². The van der Waals surface area contributed by atoms with E-state index in [1.165, 1.54) is 0 Å². The maximum atomic E-state index is 12.1. The first kappa shape index (κ1) is 15.0. The van der Waals surface area contributed by atoms with Crippen molar-refractivity contribution in [2.45, 2.75) is 0 Å². The van der Waals surface area contributed by atoms with Gasteiger partial charge in [-0.15, -0.1) is 0 Å². The summed E-state index contributed by atoms with van der Waals surface area (Å²) in [6.07, 6.45) is 5.03. The van der Waals surface area contributed by atoms with Crippen LogP contribution in [0.4, 0.5) is 0 Å². The third-order valence-corrected chi connectivity index (χ3v) is 3.96. The average Bonchev–Trinajstić information content (AvgIpc) is 3.21. The third kappa shape index (κ3) is 2.73. The number of nitrogens with zero attached hydrogens (tertiary/aromatic N) is 3. The van der Waals surface area contributed by atoms with Crippen molar-refractivity contribution in [3.05, 3.63) is 66.6 Å². The lowest BCUT2D eigenvalue weighted by Gasteiger charge is -2.09. The minimum atomic E-state index is -0.380. The third-order valence-electron chi connectivity index (χ3n) is 3.96. The average molecular weight is 330 g/mol. The number of carbonyl (C=O) groups excluding carboxylic acids is 1. The molecule has 25 heavy (non-hydrogen) atoms. The molecule has 0 fully saturated rings. The highest BCUT2D eigenvalue weighted by Gasteiger charge is 2.13. The van der Waals surface area contributed by atoms with Gasteiger partial charge in [-0.05, 0) is 18.2 Å². The first-order valence-corrected chi connectivity index (χ1v) is 7.62. The van der Waals surface area contributed by atoms with Gasteiger partial charge in [0.2, 0.25) is 0 Å². The number of nitrogens with one attached hydrogen (secondary N) is 2. The molecule has 7 nitrogen and oxygen atoms in total. The number of benzene rings is 1. The van der Waals surface area contributed by atoms with Crippen LogP contribution in [0.25, 0.3) is 33.4 Å². The lowest BCUT2D eigenvalue weighted by atomic mass is 10.0. The van der Waals surface area contributed by atoms with E-state index in [2.05, 4.69) is 25.6 Å². The van der Waals surface area contributed by atoms with Crippen LogP contribution in [0.1, 0.15) is 10.4 Å². The highest BCUT2D eigenvalue weighted by molar-refractivity contribution is 6.06. The first-order chi connectivity index (χ1) is 12.3. The van der Waals surface area contributed by atoms with Crippen molar-refractivity contribution in [2.24, 2.45) is 5.84 Å². The molecule has 0 unspecified atom stereocenters. The van der Waals surface area contributed by atoms with Crippen LogP contribution in [0, 0.1) is 0 Å². The lowest BCUT2D eigenvalue weighted by molar-refractivity contribution is 0.0955. The number of fused-ring (bicyclic) bond motifs is 1. The standard InChI is InChI=1S/C18H14N6O/c19-23-18(25)13-9-17(22-16-5-7-20-10-14(13)16)12-3-1-11(2-4-12)15-6-8-21-24-15/h1-10H,19H2,(H,21,24)(H,23,25). The molecule has 0 spiro atoms. The maximum Gasteiger partial charge on any atom is 0.265 e. The molecule has 0 saturated heterocycles. The summed E-state index contributed by atoms with van der Waals surface area (Å²) in [6.45, 7) is 0. The SMILES string of the molecule is NNC(=O)c1cc(-c2ccc(-c3cc[nH]n3)cc2)nc2ccncc12. The Labute approximate surface area is 142 Å². The van der Waals surface area contributed by atoms with E-state index in [4.69, 9.17) is 5.84 Å². The highest BCUT2D eigenvalue weighted by atomic mass is 16.2. The van der Waals surface area contributed by atoms with Crippen molar-refractivity contribution >= 4 is 16.8 Å². The van der Waals surface area contributed by atoms with Crippen LogP contribution >= 0.6 is 0 Å². The Balaban J connectivity index is 1.82. The van der Waals surface area contributed by atoms with E-state index in [-0.39, 0.29) is 5.91 Å². The molecule has 4 aromatic rings. The van der Waals surface area contributed by atoms with Crippen LogP contribution in [0.15, 0.2) is 61.1 Å². The molecule has 4 N–H and O–H groups in total. The quantitative estimate of drug-likeness (QED) is 0.303. The van der Waals surface area contributed by atoms with E-state index in [9.17, 15) is 4.79 Å². The molecular weight excluding hydrogens is 316 g/mol. The Kier molecular flexibility index (Phi) is 3.68. The van der Waals surface area contributed by atoms with Gasteiger partial charge >= 0.3 is 0 Å². The summed E-state index contributed by atoms with van der Waals surface area (Å²) < 4.78 is 0. The van der Waals surface area contributed by atoms with Gasteiger partial charge in [0.1, 0.15) is 0 Å². The number of aromatic nitrogens is 4. The van der Waals surface area contributed by atoms with E-state index in [0.29, 0.717) is 22.2 Å². The summed E-state index contributed by atoms with van der Waals surface area (Å²) in [5.74, 6) is 4.93. The molecule has 0 aliphatic rings. The highest BCUT2D eigenvalue weighted by Crippen LogP contribution is 2.26. The number of pyridine rings is 2. The number of rotatable bonds is 3. The second kappa shape index (κ2) is 6.14. The van der Waals surface area contributed by atoms with Crippen molar-refractivity contribution in [2.75, 3.05) is 0 Å². The smallest absolute Gasteiger partial charge is 0.265 e. The van der Waals surface area contributed by atoms with E-state index < -0.39 is 0 Å². The number of carbonyl (C=O) groups is 1. The second-order valence-corrected chi connectivity index (χ2v) is 5.46. The summed E-state index contributed by atoms with van der Waals surface area (Å²) >= 11 is 0. The van der Waals surface area contributed by atoms with Crippen LogP contribution in [0.2, 0.25) is 0 Å². The Bertz CT molecular complexity index is 1040. The van der Waals surface area contributed by atoms with E-state index in [0.717, 1.165) is 16.8 Å². The molecule has 0 aliphatic heterocycles. The van der Waals surface area contributed by atoms with Crippen LogP contribution < -0.4 is 11.3 Å². The maximum absolute atomic E-state index is 12.1. The number of aromatic amines is 1. The molecule has 0 atom stereocenters. The van der Waals surface area contributed by atoms with Gasteiger partial charge in [-0.2, -0.15) is 5.10 Å². The summed E-state index contributed by atoms with van der Waals surface area (Å²) in [7, 11) is 0. The van der Waals surface area contributed by atoms with E-state index in [1.54, 1.807) is 30.7 Å². The molecular formula is C18H14N6O.